The van der Waals surface area contributed by atoms with Gasteiger partial charge in [0.1, 0.15) is 0 Å². The van der Waals surface area contributed by atoms with Crippen molar-refractivity contribution in [3.05, 3.63) is 46.5 Å². The fourth-order valence-electron chi connectivity index (χ4n) is 0.267. The van der Waals surface area contributed by atoms with Crippen molar-refractivity contribution >= 4 is 0 Å². The molecule has 0 bridgehead atoms. The van der Waals surface area contributed by atoms with Gasteiger partial charge in [-0.15, -0.1) is 0 Å². The van der Waals surface area contributed by atoms with Gasteiger partial charge >= 0.3 is 74.8 Å². The molecule has 0 aliphatic rings. The van der Waals surface area contributed by atoms with Crippen molar-refractivity contribution in [1.82, 2.24) is 0 Å². The van der Waals surface area contributed by atoms with E-state index in [2.05, 4.69) is 23.2 Å². The first-order valence-corrected chi connectivity index (χ1v) is 4.48. The zero-order valence-electron chi connectivity index (χ0n) is 7.04. The minimum absolute atomic E-state index is 1.19. The molecule has 11 heavy (non-hydrogen) atoms. The molecular formula is C10H14Ni. The molecule has 0 aromatic rings. The molecular weight excluding hydrogens is 179 g/mol. The van der Waals surface area contributed by atoms with E-state index in [0.29, 0.717) is 0 Å². The molecule has 0 aliphatic carbocycles. The van der Waals surface area contributed by atoms with Crippen molar-refractivity contribution in [2.24, 2.45) is 0 Å². The van der Waals surface area contributed by atoms with Gasteiger partial charge in [-0.25, -0.2) is 0 Å². The van der Waals surface area contributed by atoms with Gasteiger partial charge in [0, 0.05) is 0 Å². The topological polar surface area (TPSA) is 0 Å². The molecule has 0 amide bonds. The molecule has 0 nitrogen and oxygen atoms in total. The van der Waals surface area contributed by atoms with Crippen LogP contribution in [-0.4, -0.2) is 0 Å². The molecule has 0 saturated carbocycles. The van der Waals surface area contributed by atoms with Crippen LogP contribution in [0.4, 0.5) is 0 Å². The predicted molar refractivity (Wildman–Crippen MR) is 47.9 cm³/mol. The Morgan fingerprint density at radius 2 is 1.36 bits per heavy atom. The van der Waals surface area contributed by atoms with Crippen LogP contribution >= 0.6 is 0 Å². The Bertz CT molecular complexity index is 175. The number of hydrogen-bond donors (Lipinski definition) is 0. The second-order valence-electron chi connectivity index (χ2n) is 2.18. The van der Waals surface area contributed by atoms with Crippen LogP contribution in [0.1, 0.15) is 13.8 Å². The fraction of sp³-hybridized carbons (Fsp3) is 0.200. The van der Waals surface area contributed by atoms with Gasteiger partial charge in [0.2, 0.25) is 0 Å². The van der Waals surface area contributed by atoms with Crippen LogP contribution in [0.2, 0.25) is 0 Å². The number of allylic oxidation sites excluding steroid dienone is 4. The summed E-state index contributed by atoms with van der Waals surface area (Å²) in [5.41, 5.74) is 2.39. The van der Waals surface area contributed by atoms with Crippen LogP contribution < -0.4 is 0 Å². The molecule has 0 rings (SSSR count). The summed E-state index contributed by atoms with van der Waals surface area (Å²) in [4.78, 5) is 0. The monoisotopic (exact) mass is 192 g/mol. The normalized spacial score (nSPS) is 13.3. The van der Waals surface area contributed by atoms with Crippen LogP contribution in [0, 0.1) is 0 Å². The van der Waals surface area contributed by atoms with E-state index in [-0.39, 0.29) is 0 Å². The quantitative estimate of drug-likeness (QED) is 0.474. The van der Waals surface area contributed by atoms with E-state index in [1.807, 2.05) is 26.0 Å². The van der Waals surface area contributed by atoms with Gasteiger partial charge in [0.25, 0.3) is 0 Å². The molecule has 0 aromatic carbocycles. The molecule has 0 atom stereocenters. The first kappa shape index (κ1) is 10.5. The Labute approximate surface area is 75.2 Å². The standard InChI is InChI=1S/2C5H7.Ni/c2*1-4-5(2)3;/h2*2,4H,1H2,3H3;. The molecule has 0 radical (unpaired) electrons. The Morgan fingerprint density at radius 1 is 1.00 bits per heavy atom. The molecule has 0 heterocycles. The Hall–Kier alpha value is -0.546. The van der Waals surface area contributed by atoms with E-state index < -0.39 is 0 Å². The number of rotatable bonds is 4. The van der Waals surface area contributed by atoms with Crippen molar-refractivity contribution < 1.29 is 14.4 Å². The van der Waals surface area contributed by atoms with Crippen molar-refractivity contribution in [1.29, 1.82) is 0 Å². The van der Waals surface area contributed by atoms with Gasteiger partial charge in [-0.05, 0) is 0 Å². The van der Waals surface area contributed by atoms with E-state index >= 15 is 0 Å². The van der Waals surface area contributed by atoms with Crippen molar-refractivity contribution in [3.8, 4) is 0 Å². The summed E-state index contributed by atoms with van der Waals surface area (Å²) in [7, 11) is 0. The van der Waals surface area contributed by atoms with Crippen LogP contribution in [-0.2, 0) is 14.4 Å². The molecule has 0 unspecified atom stereocenters. The van der Waals surface area contributed by atoms with Gasteiger partial charge in [0.05, 0.1) is 0 Å². The zero-order valence-corrected chi connectivity index (χ0v) is 8.03. The van der Waals surface area contributed by atoms with E-state index in [1.165, 1.54) is 25.6 Å². The van der Waals surface area contributed by atoms with Crippen molar-refractivity contribution in [3.63, 3.8) is 0 Å². The number of hydrogen-bond acceptors (Lipinski definition) is 0. The van der Waals surface area contributed by atoms with Crippen molar-refractivity contribution in [2.75, 3.05) is 0 Å². The maximum absolute atomic E-state index is 3.66. The zero-order chi connectivity index (χ0) is 8.69. The third-order valence-electron chi connectivity index (χ3n) is 1.04. The molecule has 0 aromatic heterocycles. The van der Waals surface area contributed by atoms with Gasteiger partial charge < -0.3 is 0 Å². The summed E-state index contributed by atoms with van der Waals surface area (Å²) < 4.78 is 0. The second-order valence-corrected chi connectivity index (χ2v) is 3.08. The molecule has 0 saturated heterocycles. The molecule has 1 heteroatoms. The first-order chi connectivity index (χ1) is 5.20. The predicted octanol–water partition coefficient (Wildman–Crippen LogP) is 3.25. The SMILES string of the molecule is C=CC(C)=[CH][Ni][CH]=C(C)C=C. The Balaban J connectivity index is 3.89. The maximum atomic E-state index is 3.66. The van der Waals surface area contributed by atoms with E-state index in [0.717, 1.165) is 0 Å². The Kier molecular flexibility index (Phi) is 5.88. The summed E-state index contributed by atoms with van der Waals surface area (Å²) >= 11 is 1.48. The van der Waals surface area contributed by atoms with Gasteiger partial charge in [-0.1, -0.05) is 0 Å². The Morgan fingerprint density at radius 3 is 1.64 bits per heavy atom. The summed E-state index contributed by atoms with van der Waals surface area (Å²) in [6.07, 6.45) is 3.69. The second kappa shape index (κ2) is 6.18. The first-order valence-electron chi connectivity index (χ1n) is 3.34. The van der Waals surface area contributed by atoms with Crippen LogP contribution in [0.15, 0.2) is 46.5 Å². The summed E-state index contributed by atoms with van der Waals surface area (Å²) in [6.45, 7) is 11.4. The third kappa shape index (κ3) is 5.88. The van der Waals surface area contributed by atoms with E-state index in [4.69, 9.17) is 0 Å². The molecule has 0 fully saturated rings. The van der Waals surface area contributed by atoms with Gasteiger partial charge in [-0.3, -0.25) is 0 Å². The van der Waals surface area contributed by atoms with Crippen LogP contribution in [0.25, 0.3) is 0 Å². The summed E-state index contributed by atoms with van der Waals surface area (Å²) in [5, 5.41) is 4.15. The van der Waals surface area contributed by atoms with E-state index in [9.17, 15) is 0 Å². The van der Waals surface area contributed by atoms with Gasteiger partial charge in [-0.2, -0.15) is 0 Å². The minimum atomic E-state index is 1.19. The van der Waals surface area contributed by atoms with Crippen LogP contribution in [0.3, 0.4) is 0 Å². The molecule has 64 valence electrons. The molecule has 0 spiro atoms. The summed E-state index contributed by atoms with van der Waals surface area (Å²) in [5.74, 6) is 0. The van der Waals surface area contributed by atoms with Gasteiger partial charge in [0.15, 0.2) is 0 Å². The summed E-state index contributed by atoms with van der Waals surface area (Å²) in [6, 6.07) is 0. The van der Waals surface area contributed by atoms with Crippen molar-refractivity contribution in [2.45, 2.75) is 13.8 Å². The third-order valence-corrected chi connectivity index (χ3v) is 2.27. The fourth-order valence-corrected chi connectivity index (χ4v) is 1.10. The molecule has 0 N–H and O–H groups in total. The average Bonchev–Trinajstić information content (AvgIpc) is 2.04. The molecule has 0 aliphatic heterocycles. The van der Waals surface area contributed by atoms with E-state index in [1.54, 1.807) is 0 Å². The van der Waals surface area contributed by atoms with Crippen LogP contribution in [0.5, 0.6) is 0 Å². The average molecular weight is 193 g/mol.